The van der Waals surface area contributed by atoms with Crippen molar-refractivity contribution in [1.82, 2.24) is 10.2 Å². The number of benzene rings is 1. The van der Waals surface area contributed by atoms with Gasteiger partial charge in [0.1, 0.15) is 0 Å². The summed E-state index contributed by atoms with van der Waals surface area (Å²) in [6.45, 7) is 5.81. The standard InChI is InChI=1S/C13H14N2O2/c1-7-4-5-10(8(2)6-7)11-9(3)14-15-12(11)13(16)17/h4-6H,1-3H3,(H,14,15)(H,16,17). The number of carboxylic acids is 1. The summed E-state index contributed by atoms with van der Waals surface area (Å²) in [6.07, 6.45) is 0. The number of nitrogens with one attached hydrogen (secondary N) is 1. The smallest absolute Gasteiger partial charge is 0.357 e. The first-order valence-electron chi connectivity index (χ1n) is 5.36. The zero-order valence-corrected chi connectivity index (χ0v) is 10.0. The van der Waals surface area contributed by atoms with Crippen molar-refractivity contribution in [3.8, 4) is 11.1 Å². The second-order valence-electron chi connectivity index (χ2n) is 4.20. The molecule has 0 spiro atoms. The SMILES string of the molecule is Cc1ccc(-c2c(C(=O)O)n[nH]c2C)c(C)c1. The quantitative estimate of drug-likeness (QED) is 0.833. The third-order valence-electron chi connectivity index (χ3n) is 2.80. The van der Waals surface area contributed by atoms with Gasteiger partial charge in [0, 0.05) is 11.3 Å². The number of aromatic nitrogens is 2. The van der Waals surface area contributed by atoms with E-state index in [9.17, 15) is 4.79 Å². The Morgan fingerprint density at radius 2 is 2.00 bits per heavy atom. The third kappa shape index (κ3) is 1.93. The molecule has 0 fully saturated rings. The minimum Gasteiger partial charge on any atom is -0.476 e. The molecule has 0 bridgehead atoms. The lowest BCUT2D eigenvalue weighted by molar-refractivity contribution is 0.0691. The Bertz CT molecular complexity index is 585. The van der Waals surface area contributed by atoms with Gasteiger partial charge in [-0.15, -0.1) is 0 Å². The van der Waals surface area contributed by atoms with Gasteiger partial charge < -0.3 is 5.11 Å². The molecule has 0 saturated carbocycles. The molecule has 0 aliphatic heterocycles. The second-order valence-corrected chi connectivity index (χ2v) is 4.20. The summed E-state index contributed by atoms with van der Waals surface area (Å²) in [5.41, 5.74) is 4.65. The Balaban J connectivity index is 2.67. The van der Waals surface area contributed by atoms with Crippen LogP contribution in [-0.2, 0) is 0 Å². The molecule has 4 heteroatoms. The van der Waals surface area contributed by atoms with Gasteiger partial charge in [-0.3, -0.25) is 5.10 Å². The van der Waals surface area contributed by atoms with Crippen LogP contribution in [0, 0.1) is 20.8 Å². The van der Waals surface area contributed by atoms with Gasteiger partial charge in [0.2, 0.25) is 0 Å². The van der Waals surface area contributed by atoms with E-state index >= 15 is 0 Å². The highest BCUT2D eigenvalue weighted by Crippen LogP contribution is 2.29. The third-order valence-corrected chi connectivity index (χ3v) is 2.80. The first-order valence-corrected chi connectivity index (χ1v) is 5.36. The molecule has 4 nitrogen and oxygen atoms in total. The molecule has 1 heterocycles. The number of nitrogens with zero attached hydrogens (tertiary/aromatic N) is 1. The molecule has 1 aromatic heterocycles. The molecular formula is C13H14N2O2. The molecule has 88 valence electrons. The van der Waals surface area contributed by atoms with Gasteiger partial charge in [-0.2, -0.15) is 5.10 Å². The fourth-order valence-electron chi connectivity index (χ4n) is 2.01. The Morgan fingerprint density at radius 1 is 1.29 bits per heavy atom. The first-order chi connectivity index (χ1) is 8.00. The van der Waals surface area contributed by atoms with Crippen molar-refractivity contribution in [2.24, 2.45) is 0 Å². The number of rotatable bonds is 2. The Hall–Kier alpha value is -2.10. The van der Waals surface area contributed by atoms with E-state index in [0.29, 0.717) is 5.56 Å². The molecular weight excluding hydrogens is 216 g/mol. The number of hydrogen-bond acceptors (Lipinski definition) is 2. The molecule has 0 atom stereocenters. The first kappa shape index (κ1) is 11.4. The monoisotopic (exact) mass is 230 g/mol. The maximum atomic E-state index is 11.1. The van der Waals surface area contributed by atoms with E-state index in [2.05, 4.69) is 10.2 Å². The molecule has 0 radical (unpaired) electrons. The molecule has 0 amide bonds. The maximum absolute atomic E-state index is 11.1. The van der Waals surface area contributed by atoms with Crippen molar-refractivity contribution in [2.45, 2.75) is 20.8 Å². The van der Waals surface area contributed by atoms with Gasteiger partial charge in [-0.05, 0) is 31.9 Å². The average molecular weight is 230 g/mol. The lowest BCUT2D eigenvalue weighted by Crippen LogP contribution is -2.00. The fourth-order valence-corrected chi connectivity index (χ4v) is 2.01. The van der Waals surface area contributed by atoms with Gasteiger partial charge >= 0.3 is 5.97 Å². The Morgan fingerprint density at radius 3 is 2.59 bits per heavy atom. The molecule has 2 aromatic rings. The molecule has 2 rings (SSSR count). The second kappa shape index (κ2) is 4.05. The average Bonchev–Trinajstić information content (AvgIpc) is 2.60. The molecule has 2 N–H and O–H groups in total. The van der Waals surface area contributed by atoms with Gasteiger partial charge in [0.15, 0.2) is 5.69 Å². The summed E-state index contributed by atoms with van der Waals surface area (Å²) in [5.74, 6) is -1.01. The van der Waals surface area contributed by atoms with E-state index in [4.69, 9.17) is 5.11 Å². The molecule has 0 aliphatic rings. The van der Waals surface area contributed by atoms with E-state index in [-0.39, 0.29) is 5.69 Å². The number of aryl methyl sites for hydroxylation is 3. The van der Waals surface area contributed by atoms with E-state index in [1.165, 1.54) is 0 Å². The molecule has 0 unspecified atom stereocenters. The fraction of sp³-hybridized carbons (Fsp3) is 0.231. The Labute approximate surface area is 99.3 Å². The van der Waals surface area contributed by atoms with Gasteiger partial charge in [0.25, 0.3) is 0 Å². The highest BCUT2D eigenvalue weighted by atomic mass is 16.4. The van der Waals surface area contributed by atoms with Crippen LogP contribution >= 0.6 is 0 Å². The Kier molecular flexibility index (Phi) is 2.71. The van der Waals surface area contributed by atoms with Crippen LogP contribution in [0.1, 0.15) is 27.3 Å². The number of hydrogen-bond donors (Lipinski definition) is 2. The van der Waals surface area contributed by atoms with Crippen LogP contribution in [0.15, 0.2) is 18.2 Å². The molecule has 17 heavy (non-hydrogen) atoms. The van der Waals surface area contributed by atoms with E-state index in [1.54, 1.807) is 0 Å². The normalized spacial score (nSPS) is 10.5. The summed E-state index contributed by atoms with van der Waals surface area (Å²) >= 11 is 0. The number of carbonyl (C=O) groups is 1. The van der Waals surface area contributed by atoms with Crippen LogP contribution in [0.4, 0.5) is 0 Å². The van der Waals surface area contributed by atoms with E-state index in [1.807, 2.05) is 39.0 Å². The summed E-state index contributed by atoms with van der Waals surface area (Å²) in [5, 5.41) is 15.7. The van der Waals surface area contributed by atoms with Crippen LogP contribution in [-0.4, -0.2) is 21.3 Å². The topological polar surface area (TPSA) is 66.0 Å². The molecule has 1 aromatic carbocycles. The summed E-state index contributed by atoms with van der Waals surface area (Å²) in [4.78, 5) is 11.1. The van der Waals surface area contributed by atoms with Crippen LogP contribution < -0.4 is 0 Å². The predicted octanol–water partition coefficient (Wildman–Crippen LogP) is 2.70. The zero-order valence-electron chi connectivity index (χ0n) is 10.0. The zero-order chi connectivity index (χ0) is 12.6. The van der Waals surface area contributed by atoms with Crippen molar-refractivity contribution in [3.05, 3.63) is 40.7 Å². The minimum absolute atomic E-state index is 0.0782. The van der Waals surface area contributed by atoms with Crippen LogP contribution in [0.25, 0.3) is 11.1 Å². The summed E-state index contributed by atoms with van der Waals surface area (Å²) in [7, 11) is 0. The number of aromatic amines is 1. The largest absolute Gasteiger partial charge is 0.476 e. The van der Waals surface area contributed by atoms with E-state index in [0.717, 1.165) is 22.4 Å². The van der Waals surface area contributed by atoms with Gasteiger partial charge in [-0.25, -0.2) is 4.79 Å². The van der Waals surface area contributed by atoms with Gasteiger partial charge in [0.05, 0.1) is 0 Å². The highest BCUT2D eigenvalue weighted by Gasteiger charge is 2.19. The lowest BCUT2D eigenvalue weighted by Gasteiger charge is -2.07. The van der Waals surface area contributed by atoms with Crippen molar-refractivity contribution < 1.29 is 9.90 Å². The number of aromatic carboxylic acids is 1. The number of carboxylic acid groups (broad SMARTS) is 1. The summed E-state index contributed by atoms with van der Waals surface area (Å²) < 4.78 is 0. The van der Waals surface area contributed by atoms with Crippen molar-refractivity contribution >= 4 is 5.97 Å². The van der Waals surface area contributed by atoms with Crippen molar-refractivity contribution in [2.75, 3.05) is 0 Å². The van der Waals surface area contributed by atoms with Gasteiger partial charge in [-0.1, -0.05) is 23.8 Å². The number of H-pyrrole nitrogens is 1. The van der Waals surface area contributed by atoms with Crippen molar-refractivity contribution in [3.63, 3.8) is 0 Å². The van der Waals surface area contributed by atoms with Crippen LogP contribution in [0.5, 0.6) is 0 Å². The van der Waals surface area contributed by atoms with Crippen LogP contribution in [0.3, 0.4) is 0 Å². The molecule has 0 saturated heterocycles. The molecule has 0 aliphatic carbocycles. The van der Waals surface area contributed by atoms with Crippen LogP contribution in [0.2, 0.25) is 0 Å². The highest BCUT2D eigenvalue weighted by molar-refractivity contribution is 5.95. The summed E-state index contributed by atoms with van der Waals surface area (Å²) in [6, 6.07) is 5.95. The minimum atomic E-state index is -1.01. The maximum Gasteiger partial charge on any atom is 0.357 e. The van der Waals surface area contributed by atoms with E-state index < -0.39 is 5.97 Å². The lowest BCUT2D eigenvalue weighted by atomic mass is 9.97. The van der Waals surface area contributed by atoms with Crippen molar-refractivity contribution in [1.29, 1.82) is 0 Å². The predicted molar refractivity (Wildman–Crippen MR) is 65.2 cm³/mol.